The van der Waals surface area contributed by atoms with Gasteiger partial charge in [-0.25, -0.2) is 0 Å². The van der Waals surface area contributed by atoms with E-state index in [1.54, 1.807) is 13.0 Å². The average Bonchev–Trinajstić information content (AvgIpc) is 2.07. The molecule has 0 radical (unpaired) electrons. The fourth-order valence-electron chi connectivity index (χ4n) is 0.947. The first-order chi connectivity index (χ1) is 6.92. The Hall–Kier alpha value is -0.980. The number of hydrogen-bond acceptors (Lipinski definition) is 4. The Morgan fingerprint density at radius 3 is 2.60 bits per heavy atom. The molecule has 5 nitrogen and oxygen atoms in total. The molecule has 15 heavy (non-hydrogen) atoms. The third-order valence-electron chi connectivity index (χ3n) is 1.41. The molecule has 84 valence electrons. The molecule has 0 spiro atoms. The molecule has 0 bridgehead atoms. The molecule has 0 saturated carbocycles. The molecular weight excluding hydrogens is 242 g/mol. The number of ether oxygens (including phenoxy) is 1. The van der Waals surface area contributed by atoms with Gasteiger partial charge in [0.1, 0.15) is 0 Å². The molecule has 1 rings (SSSR count). The Balaban J connectivity index is 3.07. The SMILES string of the molecule is CCOc1ccc(Cl)cc1OS(N)(=O)=O. The van der Waals surface area contributed by atoms with E-state index in [-0.39, 0.29) is 11.5 Å². The van der Waals surface area contributed by atoms with Crippen molar-refractivity contribution in [1.82, 2.24) is 0 Å². The maximum atomic E-state index is 10.7. The second-order valence-corrected chi connectivity index (χ2v) is 4.19. The van der Waals surface area contributed by atoms with Gasteiger partial charge in [0.25, 0.3) is 0 Å². The zero-order chi connectivity index (χ0) is 11.5. The summed E-state index contributed by atoms with van der Waals surface area (Å²) >= 11 is 5.67. The lowest BCUT2D eigenvalue weighted by Gasteiger charge is -2.09. The van der Waals surface area contributed by atoms with E-state index in [1.165, 1.54) is 12.1 Å². The second-order valence-electron chi connectivity index (χ2n) is 2.60. The van der Waals surface area contributed by atoms with Crippen LogP contribution in [0.25, 0.3) is 0 Å². The summed E-state index contributed by atoms with van der Waals surface area (Å²) < 4.78 is 31.1. The number of nitrogens with two attached hydrogens (primary N) is 1. The summed E-state index contributed by atoms with van der Waals surface area (Å²) in [5.74, 6) is 0.253. The molecule has 0 heterocycles. The van der Waals surface area contributed by atoms with Crippen LogP contribution >= 0.6 is 11.6 Å². The van der Waals surface area contributed by atoms with Crippen molar-refractivity contribution in [3.63, 3.8) is 0 Å². The molecule has 1 aromatic carbocycles. The van der Waals surface area contributed by atoms with Gasteiger partial charge >= 0.3 is 10.3 Å². The fraction of sp³-hybridized carbons (Fsp3) is 0.250. The molecular formula is C8H10ClNO4S. The number of halogens is 1. The number of hydrogen-bond donors (Lipinski definition) is 1. The van der Waals surface area contributed by atoms with E-state index in [1.807, 2.05) is 0 Å². The van der Waals surface area contributed by atoms with Crippen LogP contribution in [0.3, 0.4) is 0 Å². The summed E-state index contributed by atoms with van der Waals surface area (Å²) in [6, 6.07) is 4.38. The van der Waals surface area contributed by atoms with Crippen molar-refractivity contribution in [3.05, 3.63) is 23.2 Å². The molecule has 7 heteroatoms. The van der Waals surface area contributed by atoms with Crippen molar-refractivity contribution in [3.8, 4) is 11.5 Å². The van der Waals surface area contributed by atoms with Crippen molar-refractivity contribution >= 4 is 21.9 Å². The first kappa shape index (κ1) is 12.1. The molecule has 0 atom stereocenters. The highest BCUT2D eigenvalue weighted by atomic mass is 35.5. The van der Waals surface area contributed by atoms with Crippen LogP contribution in [0, 0.1) is 0 Å². The lowest BCUT2D eigenvalue weighted by molar-refractivity contribution is 0.327. The van der Waals surface area contributed by atoms with Gasteiger partial charge < -0.3 is 8.92 Å². The highest BCUT2D eigenvalue weighted by Crippen LogP contribution is 2.30. The molecule has 0 amide bonds. The molecule has 0 unspecified atom stereocenters. The first-order valence-electron chi connectivity index (χ1n) is 4.07. The molecule has 0 saturated heterocycles. The Kier molecular flexibility index (Phi) is 3.78. The molecule has 0 fully saturated rings. The van der Waals surface area contributed by atoms with Crippen LogP contribution in [0.2, 0.25) is 5.02 Å². The van der Waals surface area contributed by atoms with Crippen LogP contribution in [0.5, 0.6) is 11.5 Å². The Morgan fingerprint density at radius 1 is 1.40 bits per heavy atom. The lowest BCUT2D eigenvalue weighted by atomic mass is 10.3. The van der Waals surface area contributed by atoms with Crippen LogP contribution in [-0.2, 0) is 10.3 Å². The molecule has 0 aliphatic heterocycles. The Morgan fingerprint density at radius 2 is 2.07 bits per heavy atom. The summed E-state index contributed by atoms with van der Waals surface area (Å²) in [5, 5.41) is 5.06. The molecule has 0 aliphatic carbocycles. The Bertz CT molecular complexity index is 446. The minimum atomic E-state index is -4.07. The van der Waals surface area contributed by atoms with Gasteiger partial charge in [0.15, 0.2) is 11.5 Å². The minimum Gasteiger partial charge on any atom is -0.490 e. The van der Waals surface area contributed by atoms with E-state index in [4.69, 9.17) is 21.5 Å². The predicted octanol–water partition coefficient (Wildman–Crippen LogP) is 1.32. The van der Waals surface area contributed by atoms with Crippen LogP contribution in [-0.4, -0.2) is 15.0 Å². The number of rotatable bonds is 4. The van der Waals surface area contributed by atoms with Gasteiger partial charge in [-0.15, -0.1) is 0 Å². The monoisotopic (exact) mass is 251 g/mol. The van der Waals surface area contributed by atoms with E-state index in [9.17, 15) is 8.42 Å². The van der Waals surface area contributed by atoms with Gasteiger partial charge in [0.05, 0.1) is 6.61 Å². The maximum Gasteiger partial charge on any atom is 0.380 e. The molecule has 2 N–H and O–H groups in total. The van der Waals surface area contributed by atoms with E-state index < -0.39 is 10.3 Å². The zero-order valence-electron chi connectivity index (χ0n) is 7.94. The predicted molar refractivity (Wildman–Crippen MR) is 56.4 cm³/mol. The highest BCUT2D eigenvalue weighted by molar-refractivity contribution is 7.84. The van der Waals surface area contributed by atoms with Crippen molar-refractivity contribution < 1.29 is 17.3 Å². The topological polar surface area (TPSA) is 78.6 Å². The van der Waals surface area contributed by atoms with E-state index in [0.717, 1.165) is 0 Å². The quantitative estimate of drug-likeness (QED) is 0.875. The van der Waals surface area contributed by atoms with Gasteiger partial charge in [-0.05, 0) is 19.1 Å². The van der Waals surface area contributed by atoms with Crippen molar-refractivity contribution in [1.29, 1.82) is 0 Å². The maximum absolute atomic E-state index is 10.7. The third kappa shape index (κ3) is 3.94. The molecule has 0 aliphatic rings. The van der Waals surface area contributed by atoms with E-state index >= 15 is 0 Å². The van der Waals surface area contributed by atoms with E-state index in [0.29, 0.717) is 11.6 Å². The summed E-state index contributed by atoms with van der Waals surface area (Å²) in [6.45, 7) is 2.14. The largest absolute Gasteiger partial charge is 0.490 e. The van der Waals surface area contributed by atoms with Gasteiger partial charge in [0, 0.05) is 11.1 Å². The molecule has 0 aromatic heterocycles. The highest BCUT2D eigenvalue weighted by Gasteiger charge is 2.11. The van der Waals surface area contributed by atoms with Crippen molar-refractivity contribution in [2.45, 2.75) is 6.92 Å². The smallest absolute Gasteiger partial charge is 0.380 e. The van der Waals surface area contributed by atoms with Gasteiger partial charge in [0.2, 0.25) is 0 Å². The standard InChI is InChI=1S/C8H10ClNO4S/c1-2-13-7-4-3-6(9)5-8(7)14-15(10,11)12/h3-5H,2H2,1H3,(H2,10,11,12). The first-order valence-corrected chi connectivity index (χ1v) is 5.92. The average molecular weight is 252 g/mol. The van der Waals surface area contributed by atoms with Crippen molar-refractivity contribution in [2.75, 3.05) is 6.61 Å². The summed E-state index contributed by atoms with van der Waals surface area (Å²) in [6.07, 6.45) is 0. The van der Waals surface area contributed by atoms with Crippen LogP contribution in [0.4, 0.5) is 0 Å². The van der Waals surface area contributed by atoms with Crippen molar-refractivity contribution in [2.24, 2.45) is 5.14 Å². The van der Waals surface area contributed by atoms with Gasteiger partial charge in [-0.2, -0.15) is 13.6 Å². The summed E-state index contributed by atoms with van der Waals surface area (Å²) in [5.41, 5.74) is 0. The van der Waals surface area contributed by atoms with Gasteiger partial charge in [-0.1, -0.05) is 11.6 Å². The van der Waals surface area contributed by atoms with Crippen LogP contribution in [0.15, 0.2) is 18.2 Å². The summed E-state index contributed by atoms with van der Waals surface area (Å²) in [7, 11) is -4.07. The summed E-state index contributed by atoms with van der Waals surface area (Å²) in [4.78, 5) is 0. The van der Waals surface area contributed by atoms with E-state index in [2.05, 4.69) is 4.18 Å². The lowest BCUT2D eigenvalue weighted by Crippen LogP contribution is -2.19. The third-order valence-corrected chi connectivity index (χ3v) is 2.06. The van der Waals surface area contributed by atoms with Crippen LogP contribution < -0.4 is 14.1 Å². The second kappa shape index (κ2) is 4.69. The normalized spacial score (nSPS) is 11.1. The van der Waals surface area contributed by atoms with Gasteiger partial charge in [-0.3, -0.25) is 0 Å². The minimum absolute atomic E-state index is 0.0214. The fourth-order valence-corrected chi connectivity index (χ4v) is 1.49. The van der Waals surface area contributed by atoms with Crippen LogP contribution in [0.1, 0.15) is 6.92 Å². The molecule has 1 aromatic rings. The number of benzene rings is 1. The zero-order valence-corrected chi connectivity index (χ0v) is 9.51. The Labute approximate surface area is 93.0 Å².